The smallest absolute Gasteiger partial charge is 0.378 e. The molecule has 0 bridgehead atoms. The molecule has 0 saturated carbocycles. The van der Waals surface area contributed by atoms with Gasteiger partial charge in [-0.25, -0.2) is 0 Å². The number of hydrogen-bond donors (Lipinski definition) is 3. The van der Waals surface area contributed by atoms with E-state index in [1.54, 1.807) is 0 Å². The predicted molar refractivity (Wildman–Crippen MR) is 92.7 cm³/mol. The van der Waals surface area contributed by atoms with Crippen molar-refractivity contribution in [2.45, 2.75) is 30.9 Å². The number of carbonyl (C=O) groups is 2. The van der Waals surface area contributed by atoms with E-state index in [0.717, 1.165) is 30.3 Å². The van der Waals surface area contributed by atoms with E-state index in [1.807, 2.05) is 5.32 Å². The Hall–Kier alpha value is -3.08. The molecule has 0 saturated heterocycles. The number of benzene rings is 2. The number of nitrogens with one attached hydrogen (secondary N) is 1. The highest BCUT2D eigenvalue weighted by atomic mass is 19.4. The quantitative estimate of drug-likeness (QED) is 0.611. The third-order valence-corrected chi connectivity index (χ3v) is 4.21. The molecule has 0 aromatic heterocycles. The average molecular weight is 434 g/mol. The topological polar surface area (TPSA) is 92.4 Å². The molecule has 30 heavy (non-hydrogen) atoms. The van der Waals surface area contributed by atoms with Crippen LogP contribution in [0.5, 0.6) is 0 Å². The van der Waals surface area contributed by atoms with Gasteiger partial charge in [-0.2, -0.15) is 26.3 Å². The number of hydrogen-bond acceptors (Lipinski definition) is 3. The molecule has 5 nitrogen and oxygen atoms in total. The van der Waals surface area contributed by atoms with Gasteiger partial charge in [-0.3, -0.25) is 9.59 Å². The van der Waals surface area contributed by atoms with Crippen LogP contribution in [-0.2, 0) is 28.4 Å². The highest BCUT2D eigenvalue weighted by Crippen LogP contribution is 2.32. The Morgan fingerprint density at radius 1 is 0.933 bits per heavy atom. The normalized spacial score (nSPS) is 14.1. The molecule has 2 atom stereocenters. The first-order valence-corrected chi connectivity index (χ1v) is 8.40. The largest absolute Gasteiger partial charge is 0.416 e. The van der Waals surface area contributed by atoms with Crippen LogP contribution in [0.15, 0.2) is 48.5 Å². The highest BCUT2D eigenvalue weighted by Gasteiger charge is 2.35. The summed E-state index contributed by atoms with van der Waals surface area (Å²) in [6, 6.07) is 5.80. The van der Waals surface area contributed by atoms with Crippen molar-refractivity contribution in [2.24, 2.45) is 5.73 Å². The zero-order valence-electron chi connectivity index (χ0n) is 15.1. The fourth-order valence-electron chi connectivity index (χ4n) is 2.67. The maximum absolute atomic E-state index is 13.1. The Balaban J connectivity index is 2.17. The van der Waals surface area contributed by atoms with Crippen molar-refractivity contribution in [1.82, 2.24) is 5.32 Å². The number of alkyl halides is 6. The maximum atomic E-state index is 13.1. The Bertz CT molecular complexity index is 910. The molecule has 0 aliphatic rings. The van der Waals surface area contributed by atoms with Gasteiger partial charge in [0.25, 0.3) is 5.91 Å². The summed E-state index contributed by atoms with van der Waals surface area (Å²) in [6.07, 6.45) is -11.9. The van der Waals surface area contributed by atoms with Gasteiger partial charge in [0.1, 0.15) is 6.04 Å². The van der Waals surface area contributed by atoms with Crippen LogP contribution in [0.4, 0.5) is 26.3 Å². The Morgan fingerprint density at radius 2 is 1.50 bits per heavy atom. The minimum atomic E-state index is -4.71. The molecule has 11 heteroatoms. The fraction of sp³-hybridized carbons (Fsp3) is 0.263. The van der Waals surface area contributed by atoms with Gasteiger partial charge in [-0.1, -0.05) is 30.3 Å². The van der Waals surface area contributed by atoms with Gasteiger partial charge in [0.05, 0.1) is 11.1 Å². The molecule has 0 fully saturated rings. The van der Waals surface area contributed by atoms with E-state index in [1.165, 1.54) is 6.07 Å². The molecule has 162 valence electrons. The number of primary amides is 1. The zero-order valence-corrected chi connectivity index (χ0v) is 15.1. The molecule has 0 aliphatic carbocycles. The number of rotatable bonds is 6. The lowest BCUT2D eigenvalue weighted by atomic mass is 9.99. The van der Waals surface area contributed by atoms with E-state index in [4.69, 9.17) is 5.73 Å². The average Bonchev–Trinajstić information content (AvgIpc) is 2.65. The number of nitrogens with two attached hydrogens (primary N) is 1. The Kier molecular flexibility index (Phi) is 6.76. The summed E-state index contributed by atoms with van der Waals surface area (Å²) in [6.45, 7) is 0. The monoisotopic (exact) mass is 434 g/mol. The number of aliphatic hydroxyl groups excluding tert-OH is 1. The lowest BCUT2D eigenvalue weighted by Gasteiger charge is -2.20. The van der Waals surface area contributed by atoms with Gasteiger partial charge in [-0.05, 0) is 29.3 Å². The highest BCUT2D eigenvalue weighted by molar-refractivity contribution is 5.89. The van der Waals surface area contributed by atoms with Crippen molar-refractivity contribution in [1.29, 1.82) is 0 Å². The number of carbonyl (C=O) groups excluding carboxylic acids is 2. The van der Waals surface area contributed by atoms with Crippen LogP contribution in [0.3, 0.4) is 0 Å². The lowest BCUT2D eigenvalue weighted by Crippen LogP contribution is -2.47. The zero-order chi connectivity index (χ0) is 22.7. The van der Waals surface area contributed by atoms with Gasteiger partial charge in [0, 0.05) is 6.42 Å². The van der Waals surface area contributed by atoms with Gasteiger partial charge in [-0.15, -0.1) is 0 Å². The van der Waals surface area contributed by atoms with Crippen molar-refractivity contribution < 1.29 is 41.0 Å². The van der Waals surface area contributed by atoms with Gasteiger partial charge < -0.3 is 16.2 Å². The van der Waals surface area contributed by atoms with Gasteiger partial charge in [0.15, 0.2) is 6.10 Å². The van der Waals surface area contributed by atoms with Crippen molar-refractivity contribution >= 4 is 11.8 Å². The number of amides is 2. The molecule has 0 spiro atoms. The van der Waals surface area contributed by atoms with Crippen molar-refractivity contribution in [2.75, 3.05) is 0 Å². The molecule has 0 radical (unpaired) electrons. The van der Waals surface area contributed by atoms with E-state index >= 15 is 0 Å². The second-order valence-corrected chi connectivity index (χ2v) is 6.34. The van der Waals surface area contributed by atoms with Crippen LogP contribution >= 0.6 is 0 Å². The van der Waals surface area contributed by atoms with Crippen LogP contribution in [-0.4, -0.2) is 23.0 Å². The second-order valence-electron chi connectivity index (χ2n) is 6.34. The summed E-state index contributed by atoms with van der Waals surface area (Å²) in [5, 5.41) is 12.1. The second kappa shape index (κ2) is 8.74. The fourth-order valence-corrected chi connectivity index (χ4v) is 2.67. The van der Waals surface area contributed by atoms with Crippen LogP contribution < -0.4 is 11.1 Å². The van der Waals surface area contributed by atoms with Crippen molar-refractivity contribution in [3.05, 3.63) is 70.8 Å². The summed E-state index contributed by atoms with van der Waals surface area (Å²) in [7, 11) is 0. The van der Waals surface area contributed by atoms with Crippen LogP contribution in [0.2, 0.25) is 0 Å². The van der Waals surface area contributed by atoms with Gasteiger partial charge >= 0.3 is 12.4 Å². The molecular weight excluding hydrogens is 418 g/mol. The predicted octanol–water partition coefficient (Wildman–Crippen LogP) is 2.97. The van der Waals surface area contributed by atoms with Crippen LogP contribution in [0, 0.1) is 0 Å². The maximum Gasteiger partial charge on any atom is 0.416 e. The molecule has 4 N–H and O–H groups in total. The molecule has 2 amide bonds. The first-order valence-electron chi connectivity index (χ1n) is 8.40. The van der Waals surface area contributed by atoms with E-state index in [2.05, 4.69) is 0 Å². The Morgan fingerprint density at radius 3 is 2.00 bits per heavy atom. The minimum absolute atomic E-state index is 0.209. The summed E-state index contributed by atoms with van der Waals surface area (Å²) in [4.78, 5) is 23.8. The van der Waals surface area contributed by atoms with E-state index in [-0.39, 0.29) is 11.1 Å². The number of aliphatic hydroxyl groups is 1. The summed E-state index contributed by atoms with van der Waals surface area (Å²) >= 11 is 0. The summed E-state index contributed by atoms with van der Waals surface area (Å²) in [5.41, 5.74) is 2.62. The van der Waals surface area contributed by atoms with E-state index < -0.39 is 53.9 Å². The first-order chi connectivity index (χ1) is 13.8. The first kappa shape index (κ1) is 23.2. The van der Waals surface area contributed by atoms with E-state index in [9.17, 15) is 41.0 Å². The van der Waals surface area contributed by atoms with Crippen molar-refractivity contribution in [3.63, 3.8) is 0 Å². The third-order valence-electron chi connectivity index (χ3n) is 4.21. The molecule has 0 heterocycles. The Labute approximate surface area is 166 Å². The van der Waals surface area contributed by atoms with Crippen molar-refractivity contribution in [3.8, 4) is 0 Å². The minimum Gasteiger partial charge on any atom is -0.378 e. The standard InChI is InChI=1S/C19H16F6N2O3/c20-18(21,22)12-7-5-10(6-8-12)15(28)17(30)27-14(16(26)29)9-11-3-1-2-4-13(11)19(23,24)25/h1-8,14-15,28H,9H2,(H2,26,29)(H,27,30)/t14-,15-/m1/s1. The molecule has 0 unspecified atom stereocenters. The van der Waals surface area contributed by atoms with Gasteiger partial charge in [0.2, 0.25) is 5.91 Å². The SMILES string of the molecule is NC(=O)[C@@H](Cc1ccccc1C(F)(F)F)NC(=O)[C@H](O)c1ccc(C(F)(F)F)cc1. The van der Waals surface area contributed by atoms with E-state index in [0.29, 0.717) is 12.1 Å². The number of halogens is 6. The third kappa shape index (κ3) is 5.72. The van der Waals surface area contributed by atoms with Crippen LogP contribution in [0.1, 0.15) is 28.4 Å². The summed E-state index contributed by atoms with van der Waals surface area (Å²) < 4.78 is 77.1. The molecular formula is C19H16F6N2O3. The molecule has 0 aliphatic heterocycles. The molecule has 2 rings (SSSR count). The van der Waals surface area contributed by atoms with Crippen LogP contribution in [0.25, 0.3) is 0 Å². The summed E-state index contributed by atoms with van der Waals surface area (Å²) in [5.74, 6) is -2.36. The molecule has 2 aromatic rings. The lowest BCUT2D eigenvalue weighted by molar-refractivity contribution is -0.139. The molecule has 2 aromatic carbocycles.